The van der Waals surface area contributed by atoms with E-state index < -0.39 is 0 Å². The minimum atomic E-state index is -0.0354. The van der Waals surface area contributed by atoms with Crippen LogP contribution in [0.4, 0.5) is 34.1 Å². The first-order valence-corrected chi connectivity index (χ1v) is 21.9. The first-order chi connectivity index (χ1) is 29.1. The standard InChI is InChI=1S/C57H55BN2O/c1-36-31-51-54-52(32-36)60(48-27-22-40(56(5,6)7)34-45(48)37-15-12-11-13-16-37)50-26-19-38(43-17-14-18-53-44(43)29-30-61-53)33-46(50)58(54)47-35-41(57(8,9)10)23-28-49(47)59(51)42-24-20-39(21-25-42)55(2,3)4/h11-35H,1-10H3. The average Bonchev–Trinajstić information content (AvgIpc) is 3.72. The minimum absolute atomic E-state index is 0.0169. The molecule has 0 spiro atoms. The molecule has 0 saturated heterocycles. The van der Waals surface area contributed by atoms with Gasteiger partial charge in [0, 0.05) is 39.4 Å². The summed E-state index contributed by atoms with van der Waals surface area (Å²) >= 11 is 0. The van der Waals surface area contributed by atoms with Crippen LogP contribution in [0.15, 0.2) is 156 Å². The summed E-state index contributed by atoms with van der Waals surface area (Å²) in [5.74, 6) is 0. The fourth-order valence-electron chi connectivity index (χ4n) is 9.72. The maximum absolute atomic E-state index is 5.94. The SMILES string of the molecule is Cc1cc2c3c(c1)N(c1ccc(C(C)(C)C)cc1-c1ccccc1)c1ccc(-c4cccc5occc45)cc1B3c1cc(C(C)(C)C)ccc1N2c1ccc(C(C)(C)C)cc1. The molecule has 0 amide bonds. The summed E-state index contributed by atoms with van der Waals surface area (Å²) in [6.07, 6.45) is 1.81. The zero-order valence-electron chi connectivity index (χ0n) is 37.3. The van der Waals surface area contributed by atoms with E-state index in [2.05, 4.69) is 225 Å². The van der Waals surface area contributed by atoms with Crippen LogP contribution in [0.2, 0.25) is 0 Å². The van der Waals surface area contributed by atoms with Crippen LogP contribution in [0, 0.1) is 6.92 Å². The Labute approximate surface area is 362 Å². The van der Waals surface area contributed by atoms with Crippen LogP contribution in [0.25, 0.3) is 33.2 Å². The molecule has 4 heteroatoms. The predicted molar refractivity (Wildman–Crippen MR) is 262 cm³/mol. The Morgan fingerprint density at radius 3 is 1.72 bits per heavy atom. The summed E-state index contributed by atoms with van der Waals surface area (Å²) in [5.41, 5.74) is 22.1. The molecule has 3 heterocycles. The van der Waals surface area contributed by atoms with Gasteiger partial charge in [-0.1, -0.05) is 147 Å². The Morgan fingerprint density at radius 2 is 1.03 bits per heavy atom. The van der Waals surface area contributed by atoms with E-state index in [1.54, 1.807) is 6.26 Å². The van der Waals surface area contributed by atoms with Crippen molar-refractivity contribution in [1.29, 1.82) is 0 Å². The third-order valence-corrected chi connectivity index (χ3v) is 13.1. The van der Waals surface area contributed by atoms with E-state index >= 15 is 0 Å². The van der Waals surface area contributed by atoms with Crippen molar-refractivity contribution in [1.82, 2.24) is 0 Å². The minimum Gasteiger partial charge on any atom is -0.464 e. The molecule has 0 saturated carbocycles. The third-order valence-electron chi connectivity index (χ3n) is 13.1. The van der Waals surface area contributed by atoms with Gasteiger partial charge in [-0.05, 0) is 139 Å². The number of fused-ring (bicyclic) bond motifs is 5. The predicted octanol–water partition coefficient (Wildman–Crippen LogP) is 14.1. The summed E-state index contributed by atoms with van der Waals surface area (Å²) in [4.78, 5) is 5.12. The molecule has 0 radical (unpaired) electrons. The number of anilines is 6. The third kappa shape index (κ3) is 6.50. The van der Waals surface area contributed by atoms with E-state index in [0.29, 0.717) is 0 Å². The summed E-state index contributed by atoms with van der Waals surface area (Å²) in [6, 6.07) is 55.2. The number of hydrogen-bond acceptors (Lipinski definition) is 3. The smallest absolute Gasteiger partial charge is 0.252 e. The van der Waals surface area contributed by atoms with Crippen molar-refractivity contribution in [3.63, 3.8) is 0 Å². The molecule has 0 fully saturated rings. The molecule has 0 bridgehead atoms. The second kappa shape index (κ2) is 13.9. The van der Waals surface area contributed by atoms with Crippen molar-refractivity contribution < 1.29 is 4.42 Å². The van der Waals surface area contributed by atoms with Gasteiger partial charge in [-0.3, -0.25) is 0 Å². The molecular weight excluding hydrogens is 739 g/mol. The Balaban J connectivity index is 1.31. The van der Waals surface area contributed by atoms with Crippen LogP contribution in [0.3, 0.4) is 0 Å². The molecule has 0 unspecified atom stereocenters. The van der Waals surface area contributed by atoms with E-state index in [-0.39, 0.29) is 23.0 Å². The van der Waals surface area contributed by atoms with Gasteiger partial charge in [-0.25, -0.2) is 0 Å². The second-order valence-corrected chi connectivity index (χ2v) is 20.4. The molecule has 7 aromatic carbocycles. The van der Waals surface area contributed by atoms with Gasteiger partial charge in [0.25, 0.3) is 6.71 Å². The van der Waals surface area contributed by atoms with E-state index in [1.807, 2.05) is 0 Å². The van der Waals surface area contributed by atoms with Gasteiger partial charge in [-0.2, -0.15) is 0 Å². The maximum Gasteiger partial charge on any atom is 0.252 e. The van der Waals surface area contributed by atoms with E-state index in [1.165, 1.54) is 95.0 Å². The quantitative estimate of drug-likeness (QED) is 0.165. The molecule has 8 aromatic rings. The lowest BCUT2D eigenvalue weighted by molar-refractivity contribution is 0.590. The molecule has 0 atom stereocenters. The molecule has 0 aliphatic carbocycles. The largest absolute Gasteiger partial charge is 0.464 e. The van der Waals surface area contributed by atoms with Gasteiger partial charge >= 0.3 is 0 Å². The molecule has 10 rings (SSSR count). The van der Waals surface area contributed by atoms with Gasteiger partial charge in [0.05, 0.1) is 12.0 Å². The van der Waals surface area contributed by atoms with Crippen molar-refractivity contribution in [3.05, 3.63) is 174 Å². The van der Waals surface area contributed by atoms with Crippen LogP contribution in [-0.4, -0.2) is 6.71 Å². The number of nitrogens with zero attached hydrogens (tertiary/aromatic N) is 2. The highest BCUT2D eigenvalue weighted by Gasteiger charge is 2.44. The highest BCUT2D eigenvalue weighted by Crippen LogP contribution is 2.48. The second-order valence-electron chi connectivity index (χ2n) is 20.4. The maximum atomic E-state index is 5.94. The fourth-order valence-corrected chi connectivity index (χ4v) is 9.72. The van der Waals surface area contributed by atoms with Gasteiger partial charge in [0.2, 0.25) is 0 Å². The zero-order valence-corrected chi connectivity index (χ0v) is 37.3. The molecule has 1 aromatic heterocycles. The van der Waals surface area contributed by atoms with E-state index in [4.69, 9.17) is 4.42 Å². The molecule has 2 aliphatic rings. The Morgan fingerprint density at radius 1 is 0.443 bits per heavy atom. The van der Waals surface area contributed by atoms with Crippen LogP contribution in [-0.2, 0) is 16.2 Å². The number of rotatable bonds is 4. The van der Waals surface area contributed by atoms with Crippen molar-refractivity contribution in [3.8, 4) is 22.3 Å². The lowest BCUT2D eigenvalue weighted by atomic mass is 9.33. The van der Waals surface area contributed by atoms with Gasteiger partial charge in [0.1, 0.15) is 5.58 Å². The first kappa shape index (κ1) is 38.9. The van der Waals surface area contributed by atoms with Gasteiger partial charge in [-0.15, -0.1) is 0 Å². The van der Waals surface area contributed by atoms with Crippen LogP contribution < -0.4 is 26.2 Å². The van der Waals surface area contributed by atoms with Crippen LogP contribution in [0.5, 0.6) is 0 Å². The van der Waals surface area contributed by atoms with Gasteiger partial charge in [0.15, 0.2) is 0 Å². The van der Waals surface area contributed by atoms with E-state index in [0.717, 1.165) is 11.0 Å². The highest BCUT2D eigenvalue weighted by atomic mass is 16.3. The molecular formula is C57H55BN2O. The summed E-state index contributed by atoms with van der Waals surface area (Å²) in [5, 5.41) is 1.12. The van der Waals surface area contributed by atoms with Crippen molar-refractivity contribution >= 4 is 68.2 Å². The Hall–Kier alpha value is -6.26. The number of furan rings is 1. The average molecular weight is 795 g/mol. The normalized spacial score (nSPS) is 13.6. The number of aryl methyl sites for hydroxylation is 1. The number of benzene rings is 7. The summed E-state index contributed by atoms with van der Waals surface area (Å²) < 4.78 is 5.94. The lowest BCUT2D eigenvalue weighted by Crippen LogP contribution is -2.61. The van der Waals surface area contributed by atoms with Crippen molar-refractivity contribution in [2.75, 3.05) is 9.80 Å². The summed E-state index contributed by atoms with van der Waals surface area (Å²) in [6.45, 7) is 23.0. The molecule has 302 valence electrons. The fraction of sp³-hybridized carbons (Fsp3) is 0.228. The molecule has 2 aliphatic heterocycles. The lowest BCUT2D eigenvalue weighted by Gasteiger charge is -2.45. The first-order valence-electron chi connectivity index (χ1n) is 21.9. The van der Waals surface area contributed by atoms with Crippen LogP contribution in [0.1, 0.15) is 84.6 Å². The molecule has 3 nitrogen and oxygen atoms in total. The van der Waals surface area contributed by atoms with E-state index in [9.17, 15) is 0 Å². The van der Waals surface area contributed by atoms with Crippen molar-refractivity contribution in [2.24, 2.45) is 0 Å². The van der Waals surface area contributed by atoms with Crippen LogP contribution >= 0.6 is 0 Å². The zero-order chi connectivity index (χ0) is 42.6. The monoisotopic (exact) mass is 794 g/mol. The number of hydrogen-bond donors (Lipinski definition) is 0. The molecule has 61 heavy (non-hydrogen) atoms. The highest BCUT2D eigenvalue weighted by molar-refractivity contribution is 7.00. The molecule has 0 N–H and O–H groups in total. The summed E-state index contributed by atoms with van der Waals surface area (Å²) in [7, 11) is 0. The van der Waals surface area contributed by atoms with Crippen molar-refractivity contribution in [2.45, 2.75) is 85.5 Å². The Bertz CT molecular complexity index is 2990. The van der Waals surface area contributed by atoms with Gasteiger partial charge < -0.3 is 14.2 Å². The Kier molecular flexibility index (Phi) is 8.86. The topological polar surface area (TPSA) is 19.6 Å².